The second-order valence-corrected chi connectivity index (χ2v) is 3.39. The minimum Gasteiger partial charge on any atom is -0.871 e. The van der Waals surface area contributed by atoms with Crippen molar-refractivity contribution < 1.29 is 15.2 Å². The molecule has 0 unspecified atom stereocenters. The van der Waals surface area contributed by atoms with Crippen LogP contribution in [0.3, 0.4) is 0 Å². The monoisotopic (exact) mass is 231 g/mol. The number of hydrogen-bond acceptors (Lipinski definition) is 5. The molecule has 88 valence electrons. The van der Waals surface area contributed by atoms with Gasteiger partial charge in [-0.05, 0) is 30.3 Å². The molecule has 0 heterocycles. The van der Waals surface area contributed by atoms with E-state index in [1.807, 2.05) is 6.07 Å². The minimum absolute atomic E-state index is 0.136. The highest BCUT2D eigenvalue weighted by molar-refractivity contribution is 5.66. The molecule has 2 aromatic carbocycles. The summed E-state index contributed by atoms with van der Waals surface area (Å²) in [6.07, 6.45) is 0. The SMILES string of the molecule is NOc1ccc(N(O)c2ccccc2)c([O-])c1. The Bertz CT molecular complexity index is 502. The van der Waals surface area contributed by atoms with Gasteiger partial charge in [0.25, 0.3) is 0 Å². The first kappa shape index (κ1) is 11.3. The van der Waals surface area contributed by atoms with Gasteiger partial charge in [0, 0.05) is 0 Å². The van der Waals surface area contributed by atoms with E-state index >= 15 is 0 Å². The molecule has 0 radical (unpaired) electrons. The van der Waals surface area contributed by atoms with Crippen molar-refractivity contribution in [2.75, 3.05) is 5.06 Å². The van der Waals surface area contributed by atoms with Crippen molar-refractivity contribution in [3.05, 3.63) is 48.5 Å². The van der Waals surface area contributed by atoms with Crippen molar-refractivity contribution in [3.8, 4) is 11.5 Å². The number of nitrogens with zero attached hydrogens (tertiary/aromatic N) is 1. The topological polar surface area (TPSA) is 81.8 Å². The maximum absolute atomic E-state index is 11.7. The molecule has 0 aliphatic rings. The van der Waals surface area contributed by atoms with Gasteiger partial charge in [-0.1, -0.05) is 23.9 Å². The zero-order valence-electron chi connectivity index (χ0n) is 8.91. The number of benzene rings is 2. The van der Waals surface area contributed by atoms with Crippen molar-refractivity contribution in [1.29, 1.82) is 0 Å². The summed E-state index contributed by atoms with van der Waals surface area (Å²) >= 11 is 0. The fourth-order valence-electron chi connectivity index (χ4n) is 1.45. The van der Waals surface area contributed by atoms with Crippen LogP contribution in [-0.2, 0) is 0 Å². The van der Waals surface area contributed by atoms with Crippen LogP contribution < -0.4 is 20.9 Å². The van der Waals surface area contributed by atoms with Crippen LogP contribution in [0, 0.1) is 0 Å². The average Bonchev–Trinajstić information content (AvgIpc) is 2.39. The van der Waals surface area contributed by atoms with Gasteiger partial charge in [-0.2, -0.15) is 5.90 Å². The third kappa shape index (κ3) is 2.30. The van der Waals surface area contributed by atoms with Crippen LogP contribution >= 0.6 is 0 Å². The number of para-hydroxylation sites is 1. The quantitative estimate of drug-likeness (QED) is 0.783. The van der Waals surface area contributed by atoms with Crippen LogP contribution in [0.25, 0.3) is 0 Å². The molecule has 0 aliphatic heterocycles. The first-order valence-corrected chi connectivity index (χ1v) is 4.94. The first-order valence-electron chi connectivity index (χ1n) is 4.94. The van der Waals surface area contributed by atoms with Gasteiger partial charge in [-0.3, -0.25) is 5.21 Å². The average molecular weight is 231 g/mol. The van der Waals surface area contributed by atoms with E-state index in [4.69, 9.17) is 5.90 Å². The van der Waals surface area contributed by atoms with Crippen LogP contribution in [0.1, 0.15) is 0 Å². The number of hydrogen-bond donors (Lipinski definition) is 2. The molecule has 0 saturated heterocycles. The molecule has 17 heavy (non-hydrogen) atoms. The van der Waals surface area contributed by atoms with Crippen LogP contribution in [0.5, 0.6) is 11.5 Å². The molecule has 0 bridgehead atoms. The lowest BCUT2D eigenvalue weighted by Crippen LogP contribution is -2.13. The lowest BCUT2D eigenvalue weighted by molar-refractivity contribution is -0.267. The van der Waals surface area contributed by atoms with Crippen molar-refractivity contribution in [2.45, 2.75) is 0 Å². The predicted molar refractivity (Wildman–Crippen MR) is 61.1 cm³/mol. The van der Waals surface area contributed by atoms with E-state index in [1.54, 1.807) is 24.3 Å². The van der Waals surface area contributed by atoms with E-state index in [1.165, 1.54) is 18.2 Å². The molecule has 0 atom stereocenters. The second kappa shape index (κ2) is 4.73. The van der Waals surface area contributed by atoms with Crippen LogP contribution in [0.15, 0.2) is 48.5 Å². The summed E-state index contributed by atoms with van der Waals surface area (Å²) in [5.74, 6) is 4.82. The van der Waals surface area contributed by atoms with Gasteiger partial charge in [0.1, 0.15) is 5.75 Å². The van der Waals surface area contributed by atoms with Crippen molar-refractivity contribution in [1.82, 2.24) is 0 Å². The third-order valence-electron chi connectivity index (χ3n) is 2.30. The molecule has 3 N–H and O–H groups in total. The molecule has 5 nitrogen and oxygen atoms in total. The summed E-state index contributed by atoms with van der Waals surface area (Å²) in [7, 11) is 0. The van der Waals surface area contributed by atoms with Gasteiger partial charge >= 0.3 is 0 Å². The van der Waals surface area contributed by atoms with Gasteiger partial charge in [0.2, 0.25) is 0 Å². The van der Waals surface area contributed by atoms with Crippen molar-refractivity contribution in [3.63, 3.8) is 0 Å². The van der Waals surface area contributed by atoms with Gasteiger partial charge in [-0.25, -0.2) is 5.06 Å². The van der Waals surface area contributed by atoms with E-state index in [2.05, 4.69) is 4.84 Å². The molecule has 0 aliphatic carbocycles. The Morgan fingerprint density at radius 3 is 2.41 bits per heavy atom. The maximum Gasteiger partial charge on any atom is 0.146 e. The van der Waals surface area contributed by atoms with Gasteiger partial charge in [-0.15, -0.1) is 0 Å². The Morgan fingerprint density at radius 2 is 1.82 bits per heavy atom. The lowest BCUT2D eigenvalue weighted by atomic mass is 10.2. The molecular weight excluding hydrogens is 220 g/mol. The minimum atomic E-state index is -0.376. The Hall–Kier alpha value is -2.24. The number of rotatable bonds is 3. The van der Waals surface area contributed by atoms with E-state index in [0.717, 1.165) is 5.06 Å². The second-order valence-electron chi connectivity index (χ2n) is 3.39. The summed E-state index contributed by atoms with van der Waals surface area (Å²) in [6.45, 7) is 0. The largest absolute Gasteiger partial charge is 0.871 e. The highest BCUT2D eigenvalue weighted by atomic mass is 16.6. The Labute approximate surface area is 98.2 Å². The number of anilines is 2. The maximum atomic E-state index is 11.7. The van der Waals surface area contributed by atoms with Crippen LogP contribution in [0.4, 0.5) is 11.4 Å². The van der Waals surface area contributed by atoms with Gasteiger partial charge < -0.3 is 9.94 Å². The summed E-state index contributed by atoms with van der Waals surface area (Å²) in [4.78, 5) is 4.44. The zero-order valence-corrected chi connectivity index (χ0v) is 8.91. The van der Waals surface area contributed by atoms with Crippen molar-refractivity contribution >= 4 is 11.4 Å². The highest BCUT2D eigenvalue weighted by Gasteiger charge is 2.07. The predicted octanol–water partition coefficient (Wildman–Crippen LogP) is 1.54. The molecular formula is C12H11N2O3-. The number of nitrogens with two attached hydrogens (primary N) is 1. The zero-order chi connectivity index (χ0) is 12.3. The molecule has 0 amide bonds. The lowest BCUT2D eigenvalue weighted by Gasteiger charge is -2.23. The van der Waals surface area contributed by atoms with Crippen LogP contribution in [0.2, 0.25) is 0 Å². The molecule has 2 aromatic rings. The van der Waals surface area contributed by atoms with Crippen LogP contribution in [-0.4, -0.2) is 5.21 Å². The summed E-state index contributed by atoms with van der Waals surface area (Å²) < 4.78 is 0. The standard InChI is InChI=1S/C12H12N2O3/c13-17-10-6-7-11(12(15)8-10)14(16)9-4-2-1-3-5-9/h1-8,15-16H,13H2/p-1. The molecule has 0 spiro atoms. The van der Waals surface area contributed by atoms with E-state index < -0.39 is 0 Å². The molecule has 0 fully saturated rings. The van der Waals surface area contributed by atoms with Gasteiger partial charge in [0.05, 0.1) is 11.4 Å². The fourth-order valence-corrected chi connectivity index (χ4v) is 1.45. The Balaban J connectivity index is 2.34. The van der Waals surface area contributed by atoms with Gasteiger partial charge in [0.15, 0.2) is 0 Å². The third-order valence-corrected chi connectivity index (χ3v) is 2.30. The summed E-state index contributed by atoms with van der Waals surface area (Å²) in [5.41, 5.74) is 0.642. The van der Waals surface area contributed by atoms with E-state index in [-0.39, 0.29) is 17.2 Å². The molecule has 0 aromatic heterocycles. The molecule has 0 saturated carbocycles. The Kier molecular flexibility index (Phi) is 3.13. The van der Waals surface area contributed by atoms with E-state index in [0.29, 0.717) is 5.69 Å². The summed E-state index contributed by atoms with van der Waals surface area (Å²) in [5, 5.41) is 22.4. The molecule has 2 rings (SSSR count). The Morgan fingerprint density at radius 1 is 1.12 bits per heavy atom. The smallest absolute Gasteiger partial charge is 0.146 e. The summed E-state index contributed by atoms with van der Waals surface area (Å²) in [6, 6.07) is 12.9. The molecule has 5 heteroatoms. The van der Waals surface area contributed by atoms with Crippen molar-refractivity contribution in [2.24, 2.45) is 5.90 Å². The normalized spacial score (nSPS) is 10.0. The first-order chi connectivity index (χ1) is 8.22. The fraction of sp³-hybridized carbons (Fsp3) is 0. The van der Waals surface area contributed by atoms with E-state index in [9.17, 15) is 10.3 Å². The highest BCUT2D eigenvalue weighted by Crippen LogP contribution is 2.32.